The van der Waals surface area contributed by atoms with Crippen molar-refractivity contribution in [2.45, 2.75) is 41.0 Å². The molecule has 0 aliphatic carbocycles. The van der Waals surface area contributed by atoms with Crippen LogP contribution in [0, 0.1) is 19.3 Å². The lowest BCUT2D eigenvalue weighted by molar-refractivity contribution is -0.115. The first-order valence-corrected chi connectivity index (χ1v) is 11.4. The third-order valence-electron chi connectivity index (χ3n) is 5.44. The van der Waals surface area contributed by atoms with Crippen molar-refractivity contribution >= 4 is 34.0 Å². The van der Waals surface area contributed by atoms with Crippen LogP contribution in [0.5, 0.6) is 5.75 Å². The third kappa shape index (κ3) is 6.59. The highest BCUT2D eigenvalue weighted by Gasteiger charge is 2.18. The number of rotatable bonds is 8. The van der Waals surface area contributed by atoms with Gasteiger partial charge in [0.05, 0.1) is 26.2 Å². The molecule has 0 saturated carbocycles. The maximum atomic E-state index is 12.5. The summed E-state index contributed by atoms with van der Waals surface area (Å²) in [6.45, 7) is 14.0. The van der Waals surface area contributed by atoms with Crippen LogP contribution in [-0.4, -0.2) is 30.1 Å². The molecule has 0 fully saturated rings. The molecule has 1 aromatic heterocycles. The molecule has 0 spiro atoms. The zero-order valence-electron chi connectivity index (χ0n) is 21.6. The molecule has 3 rings (SSSR count). The second-order valence-electron chi connectivity index (χ2n) is 9.51. The van der Waals surface area contributed by atoms with Crippen molar-refractivity contribution in [2.24, 2.45) is 5.41 Å². The van der Waals surface area contributed by atoms with Gasteiger partial charge in [-0.2, -0.15) is 0 Å². The Morgan fingerprint density at radius 3 is 2.34 bits per heavy atom. The highest BCUT2D eigenvalue weighted by atomic mass is 16.5. The Kier molecular flexibility index (Phi) is 7.79. The van der Waals surface area contributed by atoms with Crippen molar-refractivity contribution < 1.29 is 17.1 Å². The van der Waals surface area contributed by atoms with Gasteiger partial charge < -0.3 is 20.1 Å². The van der Waals surface area contributed by atoms with Crippen LogP contribution < -0.4 is 15.4 Å². The minimum absolute atomic E-state index is 0. The van der Waals surface area contributed by atoms with Gasteiger partial charge in [0.25, 0.3) is 0 Å². The molecule has 35 heavy (non-hydrogen) atoms. The van der Waals surface area contributed by atoms with Crippen molar-refractivity contribution in [1.29, 1.82) is 0 Å². The molecule has 1 heterocycles. The first-order chi connectivity index (χ1) is 16.5. The number of ether oxygens (including phenoxy) is 2. The first kappa shape index (κ1) is 25.7. The Bertz CT molecular complexity index is 1280. The maximum Gasteiger partial charge on any atom is 0.228 e. The molecular formula is C28H38N4O3. The van der Waals surface area contributed by atoms with Crippen molar-refractivity contribution in [3.63, 3.8) is 0 Å². The molecule has 0 unspecified atom stereocenters. The predicted octanol–water partition coefficient (Wildman–Crippen LogP) is 6.95. The summed E-state index contributed by atoms with van der Waals surface area (Å²) in [4.78, 5) is 21.6. The average Bonchev–Trinajstić information content (AvgIpc) is 2.78. The summed E-state index contributed by atoms with van der Waals surface area (Å²) in [5, 5.41) is 7.19. The number of aromatic nitrogens is 2. The van der Waals surface area contributed by atoms with Crippen molar-refractivity contribution in [3.8, 4) is 5.75 Å². The number of nitrogens with zero attached hydrogens (tertiary/aromatic N) is 2. The average molecular weight is 479 g/mol. The molecule has 0 aliphatic heterocycles. The molecule has 3 aromatic rings. The van der Waals surface area contributed by atoms with E-state index in [9.17, 15) is 4.79 Å². The number of fused-ring (bicyclic) bond motifs is 1. The number of allylic oxidation sites excluding steroid dienone is 2. The van der Waals surface area contributed by atoms with Gasteiger partial charge in [-0.05, 0) is 61.4 Å². The summed E-state index contributed by atoms with van der Waals surface area (Å²) in [5.41, 5.74) is 3.89. The van der Waals surface area contributed by atoms with E-state index in [1.165, 1.54) is 0 Å². The van der Waals surface area contributed by atoms with Crippen LogP contribution in [0.1, 0.15) is 41.4 Å². The van der Waals surface area contributed by atoms with Gasteiger partial charge in [-0.3, -0.25) is 4.79 Å². The molecule has 0 bridgehead atoms. The zero-order chi connectivity index (χ0) is 25.8. The molecule has 7 nitrogen and oxygen atoms in total. The van der Waals surface area contributed by atoms with E-state index in [1.54, 1.807) is 14.2 Å². The van der Waals surface area contributed by atoms with E-state index in [-0.39, 0.29) is 20.6 Å². The standard InChI is InChI=1S/C28H34N4O3.2H2/c1-17(13-25(35-8)28(4,5)6)14-26(33)31-20-9-11-21(12-10-20)32-27-22-15-18(2)24(34-7)16-23(22)29-19(3)30-27;;/h9-13,15-16H,1,14H2,2-8H3,(H,31,33)(H,29,30,32);2*1H/b25-13-;;. The summed E-state index contributed by atoms with van der Waals surface area (Å²) in [5.74, 6) is 2.81. The number of carbonyl (C=O) groups excluding carboxylic acids is 1. The molecule has 2 aromatic carbocycles. The predicted molar refractivity (Wildman–Crippen MR) is 146 cm³/mol. The lowest BCUT2D eigenvalue weighted by Crippen LogP contribution is -2.14. The number of hydrogen-bond acceptors (Lipinski definition) is 6. The van der Waals surface area contributed by atoms with Crippen LogP contribution in [0.15, 0.2) is 60.4 Å². The normalized spacial score (nSPS) is 11.8. The number of anilines is 3. The largest absolute Gasteiger partial charge is 0.501 e. The Labute approximate surface area is 210 Å². The van der Waals surface area contributed by atoms with E-state index in [1.807, 2.05) is 56.3 Å². The number of aryl methyl sites for hydroxylation is 2. The molecule has 0 radical (unpaired) electrons. The number of nitrogens with one attached hydrogen (secondary N) is 2. The number of methoxy groups -OCH3 is 2. The van der Waals surface area contributed by atoms with Gasteiger partial charge in [-0.15, -0.1) is 0 Å². The number of hydrogen-bond donors (Lipinski definition) is 2. The minimum Gasteiger partial charge on any atom is -0.501 e. The van der Waals surface area contributed by atoms with E-state index in [2.05, 4.69) is 48.0 Å². The monoisotopic (exact) mass is 478 g/mol. The van der Waals surface area contributed by atoms with Crippen LogP contribution in [0.4, 0.5) is 17.2 Å². The molecule has 0 saturated heterocycles. The Hall–Kier alpha value is -3.87. The minimum atomic E-state index is -0.157. The van der Waals surface area contributed by atoms with E-state index in [0.717, 1.165) is 33.7 Å². The van der Waals surface area contributed by atoms with Crippen LogP contribution >= 0.6 is 0 Å². The van der Waals surface area contributed by atoms with Gasteiger partial charge in [-0.25, -0.2) is 9.97 Å². The van der Waals surface area contributed by atoms with E-state index in [4.69, 9.17) is 9.47 Å². The SMILES string of the molecule is C=C(/C=C(\OC)C(C)(C)C)CC(=O)Nc1ccc(Nc2nc(C)nc3cc(OC)c(C)cc23)cc1.[HH].[HH]. The van der Waals surface area contributed by atoms with Crippen LogP contribution in [0.2, 0.25) is 0 Å². The number of amides is 1. The molecule has 1 amide bonds. The summed E-state index contributed by atoms with van der Waals surface area (Å²) < 4.78 is 10.9. The summed E-state index contributed by atoms with van der Waals surface area (Å²) in [6, 6.07) is 11.4. The van der Waals surface area contributed by atoms with Gasteiger partial charge in [0.15, 0.2) is 0 Å². The summed E-state index contributed by atoms with van der Waals surface area (Å²) in [6.07, 6.45) is 2.01. The summed E-state index contributed by atoms with van der Waals surface area (Å²) in [7, 11) is 3.28. The Morgan fingerprint density at radius 1 is 1.09 bits per heavy atom. The van der Waals surface area contributed by atoms with E-state index in [0.29, 0.717) is 22.9 Å². The van der Waals surface area contributed by atoms with Crippen molar-refractivity contribution in [3.05, 3.63) is 71.8 Å². The van der Waals surface area contributed by atoms with E-state index >= 15 is 0 Å². The lowest BCUT2D eigenvalue weighted by Gasteiger charge is -2.21. The molecular weight excluding hydrogens is 440 g/mol. The number of carbonyl (C=O) groups is 1. The summed E-state index contributed by atoms with van der Waals surface area (Å²) >= 11 is 0. The zero-order valence-corrected chi connectivity index (χ0v) is 21.6. The molecule has 188 valence electrons. The lowest BCUT2D eigenvalue weighted by atomic mass is 9.92. The second kappa shape index (κ2) is 10.6. The molecule has 0 aliphatic rings. The van der Waals surface area contributed by atoms with Gasteiger partial charge in [-0.1, -0.05) is 27.4 Å². The van der Waals surface area contributed by atoms with Crippen molar-refractivity contribution in [2.75, 3.05) is 24.9 Å². The fraction of sp³-hybridized carbons (Fsp3) is 0.321. The fourth-order valence-corrected chi connectivity index (χ4v) is 3.70. The topological polar surface area (TPSA) is 85.4 Å². The van der Waals surface area contributed by atoms with Gasteiger partial charge in [0, 0.05) is 31.1 Å². The quantitative estimate of drug-likeness (QED) is 0.269. The van der Waals surface area contributed by atoms with Gasteiger partial charge in [0.1, 0.15) is 23.2 Å². The molecule has 7 heteroatoms. The van der Waals surface area contributed by atoms with Crippen LogP contribution in [0.25, 0.3) is 10.9 Å². The van der Waals surface area contributed by atoms with E-state index < -0.39 is 0 Å². The second-order valence-corrected chi connectivity index (χ2v) is 9.51. The molecule has 2 N–H and O–H groups in total. The van der Waals surface area contributed by atoms with Crippen LogP contribution in [0.3, 0.4) is 0 Å². The Balaban J connectivity index is 0.00000342. The smallest absolute Gasteiger partial charge is 0.228 e. The highest BCUT2D eigenvalue weighted by Crippen LogP contribution is 2.30. The van der Waals surface area contributed by atoms with Crippen LogP contribution in [-0.2, 0) is 9.53 Å². The fourth-order valence-electron chi connectivity index (χ4n) is 3.70. The highest BCUT2D eigenvalue weighted by molar-refractivity contribution is 5.94. The third-order valence-corrected chi connectivity index (χ3v) is 5.44. The number of benzene rings is 2. The first-order valence-electron chi connectivity index (χ1n) is 11.4. The van der Waals surface area contributed by atoms with Crippen molar-refractivity contribution in [1.82, 2.24) is 9.97 Å². The van der Waals surface area contributed by atoms with Gasteiger partial charge in [0.2, 0.25) is 5.91 Å². The maximum absolute atomic E-state index is 12.5. The Morgan fingerprint density at radius 2 is 1.74 bits per heavy atom. The molecule has 0 atom stereocenters. The van der Waals surface area contributed by atoms with Gasteiger partial charge >= 0.3 is 0 Å².